The summed E-state index contributed by atoms with van der Waals surface area (Å²) in [6, 6.07) is 14.3. The molecule has 1 aliphatic rings. The number of hydrogen-bond donors (Lipinski definition) is 0. The van der Waals surface area contributed by atoms with Gasteiger partial charge in [0.15, 0.2) is 0 Å². The van der Waals surface area contributed by atoms with Crippen molar-refractivity contribution in [2.24, 2.45) is 17.3 Å². The molecule has 3 rings (SSSR count). The van der Waals surface area contributed by atoms with Crippen LogP contribution in [0.2, 0.25) is 0 Å². The summed E-state index contributed by atoms with van der Waals surface area (Å²) in [5.74, 6) is 0.938. The lowest BCUT2D eigenvalue weighted by Crippen LogP contribution is -2.03. The molecule has 4 nitrogen and oxygen atoms in total. The Morgan fingerprint density at radius 2 is 2.04 bits per heavy atom. The quantitative estimate of drug-likeness (QED) is 0.443. The highest BCUT2D eigenvalue weighted by Crippen LogP contribution is 2.60. The minimum Gasteiger partial charge on any atom is -0.469 e. The summed E-state index contributed by atoms with van der Waals surface area (Å²) >= 11 is 0. The van der Waals surface area contributed by atoms with Crippen LogP contribution in [-0.4, -0.2) is 13.1 Å². The molecular formula is C22H23NO3. The van der Waals surface area contributed by atoms with Crippen molar-refractivity contribution >= 4 is 5.97 Å². The summed E-state index contributed by atoms with van der Waals surface area (Å²) in [6.45, 7) is 4.33. The number of benzene rings is 1. The number of methoxy groups -OCH3 is 1. The van der Waals surface area contributed by atoms with Crippen LogP contribution in [0.4, 0.5) is 0 Å². The number of hydrogen-bond acceptors (Lipinski definition) is 4. The maximum Gasteiger partial charge on any atom is 0.348 e. The molecule has 4 heteroatoms. The second kappa shape index (κ2) is 7.21. The summed E-state index contributed by atoms with van der Waals surface area (Å²) in [5.41, 5.74) is 2.51. The average molecular weight is 349 g/mol. The molecule has 0 amide bonds. The molecule has 0 radical (unpaired) electrons. The van der Waals surface area contributed by atoms with Gasteiger partial charge in [-0.2, -0.15) is 5.26 Å². The summed E-state index contributed by atoms with van der Waals surface area (Å²) in [7, 11) is 1.29. The molecule has 26 heavy (non-hydrogen) atoms. The van der Waals surface area contributed by atoms with Gasteiger partial charge in [0.2, 0.25) is 0 Å². The molecular weight excluding hydrogens is 326 g/mol. The normalized spacial score (nSPS) is 21.1. The monoisotopic (exact) mass is 349 g/mol. The molecule has 1 unspecified atom stereocenters. The zero-order valence-corrected chi connectivity index (χ0v) is 15.4. The van der Waals surface area contributed by atoms with E-state index in [1.165, 1.54) is 12.7 Å². The fraction of sp³-hybridized carbons (Fsp3) is 0.364. The average Bonchev–Trinajstić information content (AvgIpc) is 2.96. The van der Waals surface area contributed by atoms with Gasteiger partial charge in [-0.1, -0.05) is 50.3 Å². The van der Waals surface area contributed by atoms with E-state index >= 15 is 0 Å². The van der Waals surface area contributed by atoms with Crippen molar-refractivity contribution in [1.82, 2.24) is 0 Å². The van der Waals surface area contributed by atoms with E-state index in [0.29, 0.717) is 5.92 Å². The maximum absolute atomic E-state index is 11.6. The molecule has 0 aliphatic heterocycles. The van der Waals surface area contributed by atoms with E-state index in [-0.39, 0.29) is 16.9 Å². The lowest BCUT2D eigenvalue weighted by atomic mass is 10.0. The topological polar surface area (TPSA) is 63.2 Å². The summed E-state index contributed by atoms with van der Waals surface area (Å²) in [6.07, 6.45) is 5.23. The Kier molecular flexibility index (Phi) is 4.99. The molecule has 1 heterocycles. The van der Waals surface area contributed by atoms with Gasteiger partial charge in [-0.05, 0) is 40.9 Å². The lowest BCUT2D eigenvalue weighted by Gasteiger charge is -2.00. The Hall–Kier alpha value is -2.80. The van der Waals surface area contributed by atoms with Crippen molar-refractivity contribution < 1.29 is 13.9 Å². The Bertz CT molecular complexity index is 855. The SMILES string of the molecule is COC(=O)C(C#N)=CC1[C@@H](Cc2coc(Cc3ccccc3)c2)C1(C)C. The van der Waals surface area contributed by atoms with Crippen LogP contribution in [0.3, 0.4) is 0 Å². The van der Waals surface area contributed by atoms with Crippen LogP contribution in [0.5, 0.6) is 0 Å². The van der Waals surface area contributed by atoms with Gasteiger partial charge in [0.25, 0.3) is 0 Å². The predicted molar refractivity (Wildman–Crippen MR) is 98.1 cm³/mol. The predicted octanol–water partition coefficient (Wildman–Crippen LogP) is 4.31. The highest BCUT2D eigenvalue weighted by molar-refractivity contribution is 5.92. The van der Waals surface area contributed by atoms with E-state index in [9.17, 15) is 4.79 Å². The first-order chi connectivity index (χ1) is 12.5. The molecule has 0 N–H and O–H groups in total. The van der Waals surface area contributed by atoms with E-state index in [1.807, 2.05) is 30.5 Å². The van der Waals surface area contributed by atoms with Crippen LogP contribution < -0.4 is 0 Å². The zero-order chi connectivity index (χ0) is 18.7. The molecule has 134 valence electrons. The van der Waals surface area contributed by atoms with Crippen molar-refractivity contribution in [3.8, 4) is 6.07 Å². The largest absolute Gasteiger partial charge is 0.469 e. The minimum absolute atomic E-state index is 0.0486. The van der Waals surface area contributed by atoms with Crippen LogP contribution in [0.25, 0.3) is 0 Å². The fourth-order valence-electron chi connectivity index (χ4n) is 3.62. The minimum atomic E-state index is -0.567. The fourth-order valence-corrected chi connectivity index (χ4v) is 3.62. The molecule has 1 aliphatic carbocycles. The van der Waals surface area contributed by atoms with Gasteiger partial charge >= 0.3 is 5.97 Å². The number of nitrogens with zero attached hydrogens (tertiary/aromatic N) is 1. The zero-order valence-electron chi connectivity index (χ0n) is 15.4. The second-order valence-electron chi connectivity index (χ2n) is 7.43. The molecule has 0 bridgehead atoms. The Balaban J connectivity index is 1.67. The first-order valence-corrected chi connectivity index (χ1v) is 8.76. The molecule has 1 aromatic heterocycles. The van der Waals surface area contributed by atoms with Gasteiger partial charge in [0.05, 0.1) is 13.4 Å². The van der Waals surface area contributed by atoms with Gasteiger partial charge < -0.3 is 9.15 Å². The third-order valence-electron chi connectivity index (χ3n) is 5.40. The van der Waals surface area contributed by atoms with Crippen LogP contribution >= 0.6 is 0 Å². The summed E-state index contributed by atoms with van der Waals surface area (Å²) in [5, 5.41) is 9.16. The second-order valence-corrected chi connectivity index (χ2v) is 7.43. The Morgan fingerprint density at radius 1 is 1.31 bits per heavy atom. The van der Waals surface area contributed by atoms with Crippen LogP contribution in [-0.2, 0) is 22.4 Å². The van der Waals surface area contributed by atoms with Gasteiger partial charge in [0.1, 0.15) is 17.4 Å². The van der Waals surface area contributed by atoms with Crippen molar-refractivity contribution in [2.75, 3.05) is 7.11 Å². The van der Waals surface area contributed by atoms with Crippen LogP contribution in [0.1, 0.15) is 30.7 Å². The maximum atomic E-state index is 11.6. The van der Waals surface area contributed by atoms with E-state index in [4.69, 9.17) is 9.68 Å². The molecule has 2 aromatic rings. The molecule has 0 saturated heterocycles. The molecule has 1 aromatic carbocycles. The Labute approximate surface area is 154 Å². The standard InChI is InChI=1S/C22H23NO3/c1-22(2)19(20(22)12-17(13-23)21(24)25-3)11-16-10-18(26-14-16)9-15-7-5-4-6-8-15/h4-8,10,12,14,19-20H,9,11H2,1-3H3/t19-,20?/m1/s1. The van der Waals surface area contributed by atoms with Gasteiger partial charge in [-0.25, -0.2) is 4.79 Å². The van der Waals surface area contributed by atoms with E-state index < -0.39 is 5.97 Å². The number of carbonyl (C=O) groups excluding carboxylic acids is 1. The number of esters is 1. The van der Waals surface area contributed by atoms with Crippen molar-refractivity contribution in [3.05, 3.63) is 71.2 Å². The van der Waals surface area contributed by atoms with Crippen molar-refractivity contribution in [2.45, 2.75) is 26.7 Å². The summed E-state index contributed by atoms with van der Waals surface area (Å²) < 4.78 is 10.4. The highest BCUT2D eigenvalue weighted by Gasteiger charge is 2.56. The van der Waals surface area contributed by atoms with Crippen LogP contribution in [0.15, 0.2) is 58.7 Å². The number of furan rings is 1. The first kappa shape index (κ1) is 18.0. The summed E-state index contributed by atoms with van der Waals surface area (Å²) in [4.78, 5) is 11.6. The molecule has 0 spiro atoms. The molecule has 2 atom stereocenters. The van der Waals surface area contributed by atoms with Crippen molar-refractivity contribution in [1.29, 1.82) is 5.26 Å². The Morgan fingerprint density at radius 3 is 2.69 bits per heavy atom. The number of nitriles is 1. The number of carbonyl (C=O) groups is 1. The third kappa shape index (κ3) is 3.72. The lowest BCUT2D eigenvalue weighted by molar-refractivity contribution is -0.135. The van der Waals surface area contributed by atoms with Gasteiger partial charge in [-0.3, -0.25) is 0 Å². The third-order valence-corrected chi connectivity index (χ3v) is 5.40. The number of rotatable bonds is 6. The first-order valence-electron chi connectivity index (χ1n) is 8.76. The molecule has 1 fully saturated rings. The smallest absolute Gasteiger partial charge is 0.348 e. The van der Waals surface area contributed by atoms with Crippen LogP contribution in [0, 0.1) is 28.6 Å². The molecule has 1 saturated carbocycles. The van der Waals surface area contributed by atoms with Crippen molar-refractivity contribution in [3.63, 3.8) is 0 Å². The number of allylic oxidation sites excluding steroid dienone is 1. The van der Waals surface area contributed by atoms with E-state index in [2.05, 4.69) is 36.8 Å². The van der Waals surface area contributed by atoms with E-state index in [0.717, 1.165) is 24.2 Å². The van der Waals surface area contributed by atoms with Gasteiger partial charge in [0, 0.05) is 6.42 Å². The number of ether oxygens (including phenoxy) is 1. The van der Waals surface area contributed by atoms with Gasteiger partial charge in [-0.15, -0.1) is 0 Å². The van der Waals surface area contributed by atoms with E-state index in [1.54, 1.807) is 6.08 Å². The highest BCUT2D eigenvalue weighted by atomic mass is 16.5.